The Morgan fingerprint density at radius 1 is 0.588 bits per heavy atom. The molecule has 0 aliphatic rings. The lowest BCUT2D eigenvalue weighted by Crippen LogP contribution is -2.29. The van der Waals surface area contributed by atoms with Crippen LogP contribution in [0, 0.1) is 0 Å². The molecule has 0 bridgehead atoms. The summed E-state index contributed by atoms with van der Waals surface area (Å²) in [5.74, 6) is -0.804. The van der Waals surface area contributed by atoms with Gasteiger partial charge in [-0.3, -0.25) is 18.6 Å². The summed E-state index contributed by atoms with van der Waals surface area (Å²) in [6.07, 6.45) is 36.8. The predicted octanol–water partition coefficient (Wildman–Crippen LogP) is 11.7. The number of nitrogens with one attached hydrogen (secondary N) is 1. The van der Waals surface area contributed by atoms with Crippen molar-refractivity contribution in [3.8, 4) is 0 Å². The van der Waals surface area contributed by atoms with E-state index >= 15 is 0 Å². The van der Waals surface area contributed by atoms with Gasteiger partial charge in [-0.25, -0.2) is 4.57 Å². The average Bonchev–Trinajstić information content (AvgIpc) is 3.11. The van der Waals surface area contributed by atoms with Gasteiger partial charge >= 0.3 is 19.8 Å². The maximum absolute atomic E-state index is 12.6. The first-order valence-electron chi connectivity index (χ1n) is 21.1. The van der Waals surface area contributed by atoms with Crippen LogP contribution in [0.25, 0.3) is 0 Å². The van der Waals surface area contributed by atoms with Gasteiger partial charge in [-0.15, -0.1) is 0 Å². The number of rotatable bonds is 40. The molecule has 0 amide bonds. The van der Waals surface area contributed by atoms with E-state index in [1.54, 1.807) is 7.05 Å². The molecule has 0 aromatic heterocycles. The fourth-order valence-corrected chi connectivity index (χ4v) is 6.65. The van der Waals surface area contributed by atoms with Crippen molar-refractivity contribution in [1.29, 1.82) is 0 Å². The van der Waals surface area contributed by atoms with Crippen LogP contribution in [0.3, 0.4) is 0 Å². The standard InChI is InChI=1S/C41H80NO8P/c1-4-6-8-10-12-14-16-18-19-20-21-22-24-25-27-29-31-33-40(43)47-37-39(38-49-51(45,46)48-36-35-42-3)50-41(44)34-32-30-28-26-23-17-15-13-11-9-7-5-2/h18-19,39,42H,4-17,20-38H2,1-3H3,(H,45,46)/b19-18-. The van der Waals surface area contributed by atoms with Crippen LogP contribution in [0.15, 0.2) is 12.2 Å². The molecule has 2 unspecified atom stereocenters. The molecule has 0 aromatic carbocycles. The van der Waals surface area contributed by atoms with Gasteiger partial charge in [-0.05, 0) is 45.6 Å². The van der Waals surface area contributed by atoms with Gasteiger partial charge in [0.05, 0.1) is 13.2 Å². The molecule has 0 spiro atoms. The Morgan fingerprint density at radius 2 is 1.00 bits per heavy atom. The van der Waals surface area contributed by atoms with E-state index in [1.165, 1.54) is 135 Å². The summed E-state index contributed by atoms with van der Waals surface area (Å²) in [5.41, 5.74) is 0. The lowest BCUT2D eigenvalue weighted by atomic mass is 10.0. The van der Waals surface area contributed by atoms with Crippen LogP contribution >= 0.6 is 7.82 Å². The van der Waals surface area contributed by atoms with Gasteiger partial charge in [0.2, 0.25) is 0 Å². The number of esters is 2. The third kappa shape index (κ3) is 38.3. The third-order valence-corrected chi connectivity index (χ3v) is 10.1. The number of unbranched alkanes of at least 4 members (excludes halogenated alkanes) is 24. The van der Waals surface area contributed by atoms with Crippen molar-refractivity contribution in [2.45, 2.75) is 206 Å². The minimum atomic E-state index is -4.34. The van der Waals surface area contributed by atoms with Crippen LogP contribution in [-0.4, -0.2) is 56.3 Å². The second kappa shape index (κ2) is 38.5. The molecule has 0 heterocycles. The topological polar surface area (TPSA) is 120 Å². The summed E-state index contributed by atoms with van der Waals surface area (Å²) in [5, 5.41) is 2.82. The van der Waals surface area contributed by atoms with E-state index in [2.05, 4.69) is 31.3 Å². The molecule has 0 aliphatic heterocycles. The second-order valence-electron chi connectivity index (χ2n) is 14.2. The summed E-state index contributed by atoms with van der Waals surface area (Å²) in [6.45, 7) is 4.23. The Morgan fingerprint density at radius 3 is 1.45 bits per heavy atom. The fraction of sp³-hybridized carbons (Fsp3) is 0.902. The van der Waals surface area contributed by atoms with Crippen molar-refractivity contribution in [1.82, 2.24) is 5.32 Å². The van der Waals surface area contributed by atoms with Crippen LogP contribution < -0.4 is 5.32 Å². The minimum Gasteiger partial charge on any atom is -0.462 e. The summed E-state index contributed by atoms with van der Waals surface area (Å²) in [6, 6.07) is 0. The summed E-state index contributed by atoms with van der Waals surface area (Å²) in [7, 11) is -2.64. The molecule has 10 heteroatoms. The Kier molecular flexibility index (Phi) is 37.5. The predicted molar refractivity (Wildman–Crippen MR) is 211 cm³/mol. The molecule has 0 fully saturated rings. The van der Waals surface area contributed by atoms with Crippen molar-refractivity contribution in [3.05, 3.63) is 12.2 Å². The van der Waals surface area contributed by atoms with Gasteiger partial charge in [0, 0.05) is 19.4 Å². The van der Waals surface area contributed by atoms with Gasteiger partial charge in [0.15, 0.2) is 6.10 Å². The maximum Gasteiger partial charge on any atom is 0.472 e. The van der Waals surface area contributed by atoms with Crippen LogP contribution in [0.4, 0.5) is 0 Å². The molecule has 0 radical (unpaired) electrons. The van der Waals surface area contributed by atoms with E-state index in [0.717, 1.165) is 32.1 Å². The Balaban J connectivity index is 4.20. The summed E-state index contributed by atoms with van der Waals surface area (Å²) in [4.78, 5) is 35.0. The number of phosphoric acid groups is 1. The first-order chi connectivity index (χ1) is 24.8. The number of allylic oxidation sites excluding steroid dienone is 2. The van der Waals surface area contributed by atoms with E-state index in [0.29, 0.717) is 13.0 Å². The summed E-state index contributed by atoms with van der Waals surface area (Å²) >= 11 is 0. The van der Waals surface area contributed by atoms with Crippen molar-refractivity contribution in [2.75, 3.05) is 33.4 Å². The van der Waals surface area contributed by atoms with Gasteiger partial charge < -0.3 is 19.7 Å². The number of hydrogen-bond donors (Lipinski definition) is 2. The fourth-order valence-electron chi connectivity index (χ4n) is 5.90. The van der Waals surface area contributed by atoms with Crippen molar-refractivity contribution in [2.24, 2.45) is 0 Å². The van der Waals surface area contributed by atoms with Gasteiger partial charge in [0.1, 0.15) is 6.61 Å². The zero-order valence-electron chi connectivity index (χ0n) is 33.3. The maximum atomic E-state index is 12.6. The molecule has 2 N–H and O–H groups in total. The van der Waals surface area contributed by atoms with Gasteiger partial charge in [-0.1, -0.05) is 161 Å². The van der Waals surface area contributed by atoms with Crippen LogP contribution in [0.5, 0.6) is 0 Å². The lowest BCUT2D eigenvalue weighted by Gasteiger charge is -2.20. The monoisotopic (exact) mass is 746 g/mol. The van der Waals surface area contributed by atoms with Gasteiger partial charge in [0.25, 0.3) is 0 Å². The smallest absolute Gasteiger partial charge is 0.462 e. The molecule has 51 heavy (non-hydrogen) atoms. The number of likely N-dealkylation sites (N-methyl/N-ethyl adjacent to an activating group) is 1. The highest BCUT2D eigenvalue weighted by Gasteiger charge is 2.26. The number of ether oxygens (including phenoxy) is 2. The molecular weight excluding hydrogens is 665 g/mol. The second-order valence-corrected chi connectivity index (χ2v) is 15.6. The largest absolute Gasteiger partial charge is 0.472 e. The van der Waals surface area contributed by atoms with E-state index < -0.39 is 26.5 Å². The van der Waals surface area contributed by atoms with Crippen molar-refractivity contribution >= 4 is 19.8 Å². The number of carbonyl (C=O) groups excluding carboxylic acids is 2. The quantitative estimate of drug-likeness (QED) is 0.0273. The van der Waals surface area contributed by atoms with Crippen LogP contribution in [0.2, 0.25) is 0 Å². The highest BCUT2D eigenvalue weighted by Crippen LogP contribution is 2.43. The summed E-state index contributed by atoms with van der Waals surface area (Å²) < 4.78 is 33.1. The zero-order chi connectivity index (χ0) is 37.5. The number of phosphoric ester groups is 1. The zero-order valence-corrected chi connectivity index (χ0v) is 34.2. The van der Waals surface area contributed by atoms with E-state index in [4.69, 9.17) is 18.5 Å². The molecule has 0 rings (SSSR count). The number of hydrogen-bond acceptors (Lipinski definition) is 8. The molecule has 0 aliphatic carbocycles. The van der Waals surface area contributed by atoms with Gasteiger partial charge in [-0.2, -0.15) is 0 Å². The van der Waals surface area contributed by atoms with E-state index in [-0.39, 0.29) is 32.0 Å². The number of carbonyl (C=O) groups is 2. The van der Waals surface area contributed by atoms with Crippen molar-refractivity contribution < 1.29 is 37.6 Å². The average molecular weight is 746 g/mol. The molecule has 302 valence electrons. The van der Waals surface area contributed by atoms with E-state index in [9.17, 15) is 19.0 Å². The lowest BCUT2D eigenvalue weighted by molar-refractivity contribution is -0.161. The molecular formula is C41H80NO8P. The molecule has 0 saturated heterocycles. The third-order valence-electron chi connectivity index (χ3n) is 9.14. The van der Waals surface area contributed by atoms with E-state index in [1.807, 2.05) is 0 Å². The Bertz CT molecular complexity index is 856. The highest BCUT2D eigenvalue weighted by molar-refractivity contribution is 7.47. The van der Waals surface area contributed by atoms with Crippen LogP contribution in [-0.2, 0) is 32.7 Å². The molecule has 0 saturated carbocycles. The highest BCUT2D eigenvalue weighted by atomic mass is 31.2. The Hall–Kier alpha value is -1.25. The first kappa shape index (κ1) is 49.8. The van der Waals surface area contributed by atoms with Crippen LogP contribution in [0.1, 0.15) is 200 Å². The Labute approximate surface area is 313 Å². The first-order valence-corrected chi connectivity index (χ1v) is 22.6. The molecule has 9 nitrogen and oxygen atoms in total. The molecule has 2 atom stereocenters. The van der Waals surface area contributed by atoms with Crippen molar-refractivity contribution in [3.63, 3.8) is 0 Å². The normalized spacial score (nSPS) is 13.4. The molecule has 0 aromatic rings. The SMILES string of the molecule is CCCCCCCC/C=C\CCCCCCCCCC(=O)OCC(COP(=O)(O)OCCNC)OC(=O)CCCCCCCCCCCCCC. The minimum absolute atomic E-state index is 0.0145.